The molecular formula is C19H22N2O3. The van der Waals surface area contributed by atoms with E-state index in [9.17, 15) is 9.59 Å². The van der Waals surface area contributed by atoms with Crippen molar-refractivity contribution < 1.29 is 14.3 Å². The summed E-state index contributed by atoms with van der Waals surface area (Å²) in [5.41, 5.74) is 2.02. The summed E-state index contributed by atoms with van der Waals surface area (Å²) in [4.78, 5) is 23.6. The van der Waals surface area contributed by atoms with Gasteiger partial charge in [-0.1, -0.05) is 48.5 Å². The lowest BCUT2D eigenvalue weighted by molar-refractivity contribution is -0.129. The first-order chi connectivity index (χ1) is 11.7. The first-order valence-electron chi connectivity index (χ1n) is 7.88. The number of benzene rings is 2. The van der Waals surface area contributed by atoms with Crippen LogP contribution in [0.25, 0.3) is 0 Å². The van der Waals surface area contributed by atoms with Gasteiger partial charge in [-0.3, -0.25) is 9.59 Å². The SMILES string of the molecule is COc1ccccc1CNC(=O)CC(=O)NCCc1ccccc1. The fraction of sp³-hybridized carbons (Fsp3) is 0.263. The minimum Gasteiger partial charge on any atom is -0.496 e. The summed E-state index contributed by atoms with van der Waals surface area (Å²) in [7, 11) is 1.58. The van der Waals surface area contributed by atoms with Crippen LogP contribution in [0.1, 0.15) is 17.5 Å². The Labute approximate surface area is 142 Å². The highest BCUT2D eigenvalue weighted by Gasteiger charge is 2.10. The summed E-state index contributed by atoms with van der Waals surface area (Å²) in [6, 6.07) is 17.3. The molecule has 2 aromatic rings. The second kappa shape index (κ2) is 9.35. The van der Waals surface area contributed by atoms with E-state index >= 15 is 0 Å². The molecule has 0 saturated heterocycles. The summed E-state index contributed by atoms with van der Waals surface area (Å²) < 4.78 is 5.22. The second-order valence-electron chi connectivity index (χ2n) is 5.35. The normalized spacial score (nSPS) is 10.0. The van der Waals surface area contributed by atoms with E-state index in [-0.39, 0.29) is 18.2 Å². The van der Waals surface area contributed by atoms with Crippen LogP contribution in [0.2, 0.25) is 0 Å². The van der Waals surface area contributed by atoms with Gasteiger partial charge in [0.25, 0.3) is 0 Å². The number of methoxy groups -OCH3 is 1. The molecule has 0 aliphatic carbocycles. The number of carbonyl (C=O) groups excluding carboxylic acids is 2. The maximum Gasteiger partial charge on any atom is 0.229 e. The van der Waals surface area contributed by atoms with Gasteiger partial charge in [-0.2, -0.15) is 0 Å². The van der Waals surface area contributed by atoms with Gasteiger partial charge < -0.3 is 15.4 Å². The van der Waals surface area contributed by atoms with Crippen LogP contribution >= 0.6 is 0 Å². The number of nitrogens with one attached hydrogen (secondary N) is 2. The van der Waals surface area contributed by atoms with E-state index in [2.05, 4.69) is 10.6 Å². The number of para-hydroxylation sites is 1. The minimum absolute atomic E-state index is 0.177. The highest BCUT2D eigenvalue weighted by atomic mass is 16.5. The predicted molar refractivity (Wildman–Crippen MR) is 92.6 cm³/mol. The van der Waals surface area contributed by atoms with Crippen molar-refractivity contribution in [2.75, 3.05) is 13.7 Å². The van der Waals surface area contributed by atoms with E-state index in [0.29, 0.717) is 18.8 Å². The van der Waals surface area contributed by atoms with Gasteiger partial charge in [-0.25, -0.2) is 0 Å². The molecule has 0 radical (unpaired) electrons. The highest BCUT2D eigenvalue weighted by molar-refractivity contribution is 5.96. The molecule has 126 valence electrons. The van der Waals surface area contributed by atoms with Gasteiger partial charge >= 0.3 is 0 Å². The van der Waals surface area contributed by atoms with Crippen LogP contribution in [0.15, 0.2) is 54.6 Å². The topological polar surface area (TPSA) is 67.4 Å². The van der Waals surface area contributed by atoms with Gasteiger partial charge in [-0.05, 0) is 18.1 Å². The molecule has 24 heavy (non-hydrogen) atoms. The Morgan fingerprint density at radius 1 is 0.917 bits per heavy atom. The highest BCUT2D eigenvalue weighted by Crippen LogP contribution is 2.16. The summed E-state index contributed by atoms with van der Waals surface area (Å²) in [6.45, 7) is 0.850. The lowest BCUT2D eigenvalue weighted by Gasteiger charge is -2.09. The summed E-state index contributed by atoms with van der Waals surface area (Å²) in [5, 5.41) is 5.49. The van der Waals surface area contributed by atoms with Gasteiger partial charge in [0.1, 0.15) is 12.2 Å². The standard InChI is InChI=1S/C19H22N2O3/c1-24-17-10-6-5-9-16(17)14-21-19(23)13-18(22)20-12-11-15-7-3-2-4-8-15/h2-10H,11-14H2,1H3,(H,20,22)(H,21,23). The van der Waals surface area contributed by atoms with Crippen LogP contribution in [-0.2, 0) is 22.6 Å². The molecule has 0 unspecified atom stereocenters. The molecule has 2 aromatic carbocycles. The number of amides is 2. The Kier molecular flexibility index (Phi) is 6.83. The van der Waals surface area contributed by atoms with Gasteiger partial charge in [-0.15, -0.1) is 0 Å². The van der Waals surface area contributed by atoms with Crippen LogP contribution in [-0.4, -0.2) is 25.5 Å². The third-order valence-corrected chi connectivity index (χ3v) is 3.57. The van der Waals surface area contributed by atoms with Crippen molar-refractivity contribution in [1.29, 1.82) is 0 Å². The maximum atomic E-state index is 11.8. The average Bonchev–Trinajstić information content (AvgIpc) is 2.61. The van der Waals surface area contributed by atoms with Crippen LogP contribution < -0.4 is 15.4 Å². The summed E-state index contributed by atoms with van der Waals surface area (Å²) in [6.07, 6.45) is 0.569. The molecule has 0 heterocycles. The molecule has 2 rings (SSSR count). The van der Waals surface area contributed by atoms with Crippen LogP contribution in [0, 0.1) is 0 Å². The average molecular weight is 326 g/mol. The third kappa shape index (κ3) is 5.76. The van der Waals surface area contributed by atoms with Crippen molar-refractivity contribution in [3.63, 3.8) is 0 Å². The van der Waals surface area contributed by atoms with Gasteiger partial charge in [0.05, 0.1) is 7.11 Å². The van der Waals surface area contributed by atoms with Crippen LogP contribution in [0.4, 0.5) is 0 Å². The lowest BCUT2D eigenvalue weighted by Crippen LogP contribution is -2.32. The first-order valence-corrected chi connectivity index (χ1v) is 7.88. The Hall–Kier alpha value is -2.82. The maximum absolute atomic E-state index is 11.8. The van der Waals surface area contributed by atoms with E-state index in [1.54, 1.807) is 7.11 Å². The third-order valence-electron chi connectivity index (χ3n) is 3.57. The molecule has 0 aliphatic heterocycles. The fourth-order valence-electron chi connectivity index (χ4n) is 2.30. The molecule has 5 nitrogen and oxygen atoms in total. The van der Waals surface area contributed by atoms with Crippen molar-refractivity contribution in [1.82, 2.24) is 10.6 Å². The van der Waals surface area contributed by atoms with Gasteiger partial charge in [0.2, 0.25) is 11.8 Å². The summed E-state index contributed by atoms with van der Waals surface area (Å²) >= 11 is 0. The number of carbonyl (C=O) groups is 2. The molecule has 0 fully saturated rings. The number of rotatable bonds is 8. The molecule has 0 aromatic heterocycles. The number of hydrogen-bond donors (Lipinski definition) is 2. The molecule has 0 atom stereocenters. The Morgan fingerprint density at radius 2 is 1.58 bits per heavy atom. The quantitative estimate of drug-likeness (QED) is 0.730. The zero-order chi connectivity index (χ0) is 17.2. The largest absolute Gasteiger partial charge is 0.496 e. The zero-order valence-electron chi connectivity index (χ0n) is 13.7. The Balaban J connectivity index is 1.69. The van der Waals surface area contributed by atoms with Crippen molar-refractivity contribution >= 4 is 11.8 Å². The fourth-order valence-corrected chi connectivity index (χ4v) is 2.30. The van der Waals surface area contributed by atoms with Crippen molar-refractivity contribution in [2.45, 2.75) is 19.4 Å². The predicted octanol–water partition coefficient (Wildman–Crippen LogP) is 2.06. The lowest BCUT2D eigenvalue weighted by atomic mass is 10.1. The number of hydrogen-bond acceptors (Lipinski definition) is 3. The molecule has 2 N–H and O–H groups in total. The first kappa shape index (κ1) is 17.5. The van der Waals surface area contributed by atoms with Crippen molar-refractivity contribution in [3.8, 4) is 5.75 Å². The van der Waals surface area contributed by atoms with Crippen molar-refractivity contribution in [3.05, 3.63) is 65.7 Å². The van der Waals surface area contributed by atoms with E-state index < -0.39 is 0 Å². The minimum atomic E-state index is -0.307. The van der Waals surface area contributed by atoms with Gasteiger partial charge in [0.15, 0.2) is 0 Å². The van der Waals surface area contributed by atoms with Crippen LogP contribution in [0.5, 0.6) is 5.75 Å². The molecule has 0 spiro atoms. The molecular weight excluding hydrogens is 304 g/mol. The smallest absolute Gasteiger partial charge is 0.229 e. The summed E-state index contributed by atoms with van der Waals surface area (Å²) in [5.74, 6) is 0.131. The molecule has 0 saturated carbocycles. The monoisotopic (exact) mass is 326 g/mol. The second-order valence-corrected chi connectivity index (χ2v) is 5.35. The Bertz CT molecular complexity index is 671. The number of ether oxygens (including phenoxy) is 1. The van der Waals surface area contributed by atoms with E-state index in [1.807, 2.05) is 54.6 Å². The van der Waals surface area contributed by atoms with Crippen molar-refractivity contribution in [2.24, 2.45) is 0 Å². The Morgan fingerprint density at radius 3 is 2.33 bits per heavy atom. The van der Waals surface area contributed by atoms with Gasteiger partial charge in [0, 0.05) is 18.7 Å². The van der Waals surface area contributed by atoms with E-state index in [1.165, 1.54) is 0 Å². The molecule has 0 bridgehead atoms. The van der Waals surface area contributed by atoms with E-state index in [0.717, 1.165) is 17.5 Å². The van der Waals surface area contributed by atoms with E-state index in [4.69, 9.17) is 4.74 Å². The molecule has 0 aliphatic rings. The molecule has 2 amide bonds. The van der Waals surface area contributed by atoms with Crippen LogP contribution in [0.3, 0.4) is 0 Å². The molecule has 5 heteroatoms. The zero-order valence-corrected chi connectivity index (χ0v) is 13.7.